The molecule has 2 aromatic rings. The van der Waals surface area contributed by atoms with Crippen LogP contribution in [0.5, 0.6) is 5.75 Å². The summed E-state index contributed by atoms with van der Waals surface area (Å²) >= 11 is 1.45. The number of ether oxygens (including phenoxy) is 3. The Labute approximate surface area is 164 Å². The summed E-state index contributed by atoms with van der Waals surface area (Å²) < 4.78 is 16.8. The Morgan fingerprint density at radius 1 is 1.32 bits per heavy atom. The van der Waals surface area contributed by atoms with E-state index in [1.807, 2.05) is 29.6 Å². The van der Waals surface area contributed by atoms with Gasteiger partial charge in [0.15, 0.2) is 12.4 Å². The number of oxime groups is 1. The van der Waals surface area contributed by atoms with Gasteiger partial charge in [-0.1, -0.05) is 5.16 Å². The summed E-state index contributed by atoms with van der Waals surface area (Å²) in [5, 5.41) is 12.3. The molecule has 1 aromatic heterocycles. The van der Waals surface area contributed by atoms with Gasteiger partial charge < -0.3 is 19.0 Å². The molecule has 0 radical (unpaired) electrons. The zero-order chi connectivity index (χ0) is 19.1. The fraction of sp³-hybridized carbons (Fsp3) is 0.316. The third kappa shape index (κ3) is 2.88. The molecule has 2 fully saturated rings. The summed E-state index contributed by atoms with van der Waals surface area (Å²) in [5.74, 6) is 0.210. The van der Waals surface area contributed by atoms with Crippen LogP contribution in [0.1, 0.15) is 15.9 Å². The van der Waals surface area contributed by atoms with Gasteiger partial charge in [0.1, 0.15) is 17.6 Å². The number of carbonyl (C=O) groups is 1. The molecule has 28 heavy (non-hydrogen) atoms. The Morgan fingerprint density at radius 2 is 2.18 bits per heavy atom. The average molecular weight is 399 g/mol. The van der Waals surface area contributed by atoms with Crippen molar-refractivity contribution in [1.29, 1.82) is 0 Å². The quantitative estimate of drug-likeness (QED) is 0.795. The fourth-order valence-electron chi connectivity index (χ4n) is 3.57. The Hall–Kier alpha value is -2.75. The lowest BCUT2D eigenvalue weighted by Crippen LogP contribution is -2.49. The van der Waals surface area contributed by atoms with E-state index in [1.54, 1.807) is 18.6 Å². The molecule has 144 valence electrons. The molecular formula is C19H17N3O5S. The van der Waals surface area contributed by atoms with Crippen LogP contribution in [0.25, 0.3) is 0 Å². The first-order valence-electron chi connectivity index (χ1n) is 8.80. The number of nitrogens with zero attached hydrogens (tertiary/aromatic N) is 2. The number of hydrogen-bond acceptors (Lipinski definition) is 8. The number of hydrogen-bond donors (Lipinski definition) is 1. The van der Waals surface area contributed by atoms with Gasteiger partial charge in [0.05, 0.1) is 30.9 Å². The summed E-state index contributed by atoms with van der Waals surface area (Å²) in [6.07, 6.45) is -1.19. The number of rotatable bonds is 4. The van der Waals surface area contributed by atoms with E-state index in [4.69, 9.17) is 19.0 Å². The minimum absolute atomic E-state index is 0.221. The smallest absolute Gasteiger partial charge is 0.272 e. The summed E-state index contributed by atoms with van der Waals surface area (Å²) in [7, 11) is 1.62. The molecule has 4 heterocycles. The Morgan fingerprint density at radius 3 is 2.93 bits per heavy atom. The standard InChI is InChI=1S/C19H17N3O5S/c1-24-12-4-2-10(3-5-12)15-14-16(20-21-18(23)11-6-7-28-9-11)19-25-8-13(26-19)17(14)27-22-15/h2-7,9,13-14,17,19H,8H2,1H3,(H,21,23)/b20-16-/t13?,14?,17-,19+/m0/s1. The summed E-state index contributed by atoms with van der Waals surface area (Å²) in [5.41, 5.74) is 5.34. The molecule has 2 bridgehead atoms. The molecule has 2 unspecified atom stereocenters. The van der Waals surface area contributed by atoms with E-state index in [0.29, 0.717) is 17.9 Å². The lowest BCUT2D eigenvalue weighted by Gasteiger charge is -2.30. The highest BCUT2D eigenvalue weighted by atomic mass is 32.1. The van der Waals surface area contributed by atoms with Crippen LogP contribution in [0, 0.1) is 5.92 Å². The van der Waals surface area contributed by atoms with E-state index in [1.165, 1.54) is 11.3 Å². The van der Waals surface area contributed by atoms with E-state index >= 15 is 0 Å². The van der Waals surface area contributed by atoms with Crippen LogP contribution in [-0.4, -0.2) is 49.5 Å². The zero-order valence-electron chi connectivity index (χ0n) is 14.9. The van der Waals surface area contributed by atoms with Gasteiger partial charge in [-0.05, 0) is 35.7 Å². The van der Waals surface area contributed by atoms with Crippen LogP contribution < -0.4 is 10.2 Å². The minimum Gasteiger partial charge on any atom is -0.497 e. The highest BCUT2D eigenvalue weighted by Crippen LogP contribution is 2.38. The maximum atomic E-state index is 12.3. The van der Waals surface area contributed by atoms with Crippen molar-refractivity contribution in [2.24, 2.45) is 16.2 Å². The van der Waals surface area contributed by atoms with Gasteiger partial charge in [0.25, 0.3) is 5.91 Å². The second kappa shape index (κ2) is 7.01. The third-order valence-corrected chi connectivity index (χ3v) is 5.67. The topological polar surface area (TPSA) is 90.7 Å². The third-order valence-electron chi connectivity index (χ3n) is 4.99. The number of carbonyl (C=O) groups excluding carboxylic acids is 1. The second-order valence-corrected chi connectivity index (χ2v) is 7.36. The Bertz CT molecular complexity index is 941. The highest BCUT2D eigenvalue weighted by molar-refractivity contribution is 7.08. The van der Waals surface area contributed by atoms with Crippen molar-refractivity contribution >= 4 is 28.7 Å². The van der Waals surface area contributed by atoms with E-state index in [2.05, 4.69) is 15.7 Å². The number of amides is 1. The molecule has 3 aliphatic rings. The summed E-state index contributed by atoms with van der Waals surface area (Å²) in [4.78, 5) is 18.0. The largest absolute Gasteiger partial charge is 0.497 e. The SMILES string of the molecule is COc1ccc(C2=NO[C@H]3C4CO[C@H](O4)/C(=N\NC(=O)c4ccsc4)C23)cc1. The maximum absolute atomic E-state index is 12.3. The minimum atomic E-state index is -0.626. The average Bonchev–Trinajstić information content (AvgIpc) is 3.48. The summed E-state index contributed by atoms with van der Waals surface area (Å²) in [6.45, 7) is 0.398. The lowest BCUT2D eigenvalue weighted by molar-refractivity contribution is -0.0812. The van der Waals surface area contributed by atoms with Crippen LogP contribution >= 0.6 is 11.3 Å². The molecule has 0 spiro atoms. The van der Waals surface area contributed by atoms with Gasteiger partial charge in [-0.2, -0.15) is 16.4 Å². The zero-order valence-corrected chi connectivity index (χ0v) is 15.7. The van der Waals surface area contributed by atoms with Crippen LogP contribution in [0.15, 0.2) is 51.3 Å². The van der Waals surface area contributed by atoms with Crippen LogP contribution in [-0.2, 0) is 14.3 Å². The van der Waals surface area contributed by atoms with Crippen molar-refractivity contribution in [3.63, 3.8) is 0 Å². The predicted molar refractivity (Wildman–Crippen MR) is 102 cm³/mol. The van der Waals surface area contributed by atoms with Gasteiger partial charge in [0, 0.05) is 10.9 Å². The monoisotopic (exact) mass is 399 g/mol. The van der Waals surface area contributed by atoms with Crippen LogP contribution in [0.3, 0.4) is 0 Å². The second-order valence-electron chi connectivity index (χ2n) is 6.58. The van der Waals surface area contributed by atoms with Gasteiger partial charge >= 0.3 is 0 Å². The molecule has 1 amide bonds. The molecular weight excluding hydrogens is 382 g/mol. The van der Waals surface area contributed by atoms with E-state index in [9.17, 15) is 4.79 Å². The van der Waals surface area contributed by atoms with Gasteiger partial charge in [-0.15, -0.1) is 0 Å². The Balaban J connectivity index is 1.45. The van der Waals surface area contributed by atoms with Crippen LogP contribution in [0.4, 0.5) is 0 Å². The molecule has 4 atom stereocenters. The molecule has 5 rings (SSSR count). The van der Waals surface area contributed by atoms with E-state index < -0.39 is 6.29 Å². The van der Waals surface area contributed by atoms with Crippen molar-refractivity contribution in [3.05, 3.63) is 52.2 Å². The van der Waals surface area contributed by atoms with E-state index in [-0.39, 0.29) is 24.0 Å². The van der Waals surface area contributed by atoms with Crippen molar-refractivity contribution in [2.45, 2.75) is 18.5 Å². The number of nitrogens with one attached hydrogen (secondary N) is 1. The van der Waals surface area contributed by atoms with Crippen molar-refractivity contribution in [1.82, 2.24) is 5.43 Å². The van der Waals surface area contributed by atoms with Gasteiger partial charge in [-0.3, -0.25) is 4.79 Å². The molecule has 1 N–H and O–H groups in total. The van der Waals surface area contributed by atoms with Crippen LogP contribution in [0.2, 0.25) is 0 Å². The molecule has 1 aromatic carbocycles. The van der Waals surface area contributed by atoms with Gasteiger partial charge in [0.2, 0.25) is 0 Å². The molecule has 2 saturated heterocycles. The number of hydrazone groups is 1. The maximum Gasteiger partial charge on any atom is 0.272 e. The fourth-order valence-corrected chi connectivity index (χ4v) is 4.20. The molecule has 3 aliphatic heterocycles. The first-order valence-corrected chi connectivity index (χ1v) is 9.74. The predicted octanol–water partition coefficient (Wildman–Crippen LogP) is 2.02. The number of fused-ring (bicyclic) bond motifs is 4. The Kier molecular flexibility index (Phi) is 4.34. The number of thiophene rings is 1. The van der Waals surface area contributed by atoms with Crippen molar-refractivity contribution in [3.8, 4) is 5.75 Å². The molecule has 0 saturated carbocycles. The molecule has 8 nitrogen and oxygen atoms in total. The molecule has 9 heteroatoms. The molecule has 0 aliphatic carbocycles. The van der Waals surface area contributed by atoms with Crippen molar-refractivity contribution in [2.75, 3.05) is 13.7 Å². The highest BCUT2D eigenvalue weighted by Gasteiger charge is 2.55. The lowest BCUT2D eigenvalue weighted by atomic mass is 9.84. The van der Waals surface area contributed by atoms with Gasteiger partial charge in [-0.25, -0.2) is 5.43 Å². The summed E-state index contributed by atoms with van der Waals surface area (Å²) in [6, 6.07) is 9.31. The first-order chi connectivity index (χ1) is 13.7. The number of methoxy groups -OCH3 is 1. The number of benzene rings is 1. The van der Waals surface area contributed by atoms with E-state index in [0.717, 1.165) is 17.0 Å². The normalized spacial score (nSPS) is 29.2. The van der Waals surface area contributed by atoms with Crippen molar-refractivity contribution < 1.29 is 23.8 Å². The first kappa shape index (κ1) is 17.4.